The molecule has 1 saturated heterocycles. The largest absolute Gasteiger partial charge is 0.497 e. The number of amides is 1. The Morgan fingerprint density at radius 3 is 2.48 bits per heavy atom. The highest BCUT2D eigenvalue weighted by molar-refractivity contribution is 6.12. The van der Waals surface area contributed by atoms with Crippen molar-refractivity contribution in [3.8, 4) is 5.75 Å². The molecule has 1 fully saturated rings. The average molecular weight is 421 g/mol. The molecule has 1 atom stereocenters. The van der Waals surface area contributed by atoms with Crippen LogP contribution in [-0.2, 0) is 22.6 Å². The van der Waals surface area contributed by atoms with Gasteiger partial charge in [-0.1, -0.05) is 30.3 Å². The third-order valence-corrected chi connectivity index (χ3v) is 6.30. The first-order valence-electron chi connectivity index (χ1n) is 10.8. The van der Waals surface area contributed by atoms with Crippen molar-refractivity contribution in [2.45, 2.75) is 32.3 Å². The van der Waals surface area contributed by atoms with Gasteiger partial charge in [0.1, 0.15) is 18.1 Å². The highest BCUT2D eigenvalue weighted by Gasteiger charge is 2.38. The molecule has 0 saturated carbocycles. The smallest absolute Gasteiger partial charge is 0.410 e. The van der Waals surface area contributed by atoms with Gasteiger partial charge in [0.05, 0.1) is 13.0 Å². The van der Waals surface area contributed by atoms with Gasteiger partial charge in [-0.2, -0.15) is 0 Å². The molecule has 6 heteroatoms. The first-order chi connectivity index (χ1) is 15.1. The average Bonchev–Trinajstić information content (AvgIpc) is 2.83. The highest BCUT2D eigenvalue weighted by Crippen LogP contribution is 2.32. The van der Waals surface area contributed by atoms with E-state index >= 15 is 0 Å². The van der Waals surface area contributed by atoms with E-state index in [0.717, 1.165) is 16.9 Å². The Labute approximate surface area is 182 Å². The van der Waals surface area contributed by atoms with Crippen molar-refractivity contribution in [2.75, 3.05) is 20.2 Å². The van der Waals surface area contributed by atoms with Crippen LogP contribution in [0.2, 0.25) is 0 Å². The van der Waals surface area contributed by atoms with Gasteiger partial charge in [-0.15, -0.1) is 0 Å². The van der Waals surface area contributed by atoms with E-state index in [1.165, 1.54) is 0 Å². The van der Waals surface area contributed by atoms with Gasteiger partial charge in [0.15, 0.2) is 5.78 Å². The number of nitrogens with zero attached hydrogens (tertiary/aromatic N) is 1. The number of ether oxygens (including phenoxy) is 2. The van der Waals surface area contributed by atoms with E-state index < -0.39 is 5.92 Å². The summed E-state index contributed by atoms with van der Waals surface area (Å²) >= 11 is 0. The summed E-state index contributed by atoms with van der Waals surface area (Å²) < 4.78 is 10.6. The van der Waals surface area contributed by atoms with Gasteiger partial charge in [-0.3, -0.25) is 9.59 Å². The molecule has 1 unspecified atom stereocenters. The molecule has 2 aliphatic rings. The van der Waals surface area contributed by atoms with Gasteiger partial charge in [0, 0.05) is 24.6 Å². The Hall–Kier alpha value is -3.15. The Bertz CT molecular complexity index is 963. The SMILES string of the molecule is COc1ccc2c(c1)CCC(C(=O)C1CCN(C(=O)OCc3ccccc3)CC1)C2=O. The molecule has 0 aromatic heterocycles. The molecule has 0 radical (unpaired) electrons. The number of hydrogen-bond donors (Lipinski definition) is 0. The number of carbonyl (C=O) groups is 3. The first-order valence-corrected chi connectivity index (χ1v) is 10.8. The number of fused-ring (bicyclic) bond motifs is 1. The van der Waals surface area contributed by atoms with Crippen LogP contribution >= 0.6 is 0 Å². The van der Waals surface area contributed by atoms with E-state index in [4.69, 9.17) is 9.47 Å². The Balaban J connectivity index is 1.31. The Morgan fingerprint density at radius 1 is 1.03 bits per heavy atom. The molecular formula is C25H27NO5. The summed E-state index contributed by atoms with van der Waals surface area (Å²) in [6.45, 7) is 1.18. The number of Topliss-reactive ketones (excluding diaryl/α,β-unsaturated/α-hetero) is 2. The van der Waals surface area contributed by atoms with Crippen molar-refractivity contribution in [2.24, 2.45) is 11.8 Å². The van der Waals surface area contributed by atoms with Crippen molar-refractivity contribution in [3.63, 3.8) is 0 Å². The molecule has 31 heavy (non-hydrogen) atoms. The van der Waals surface area contributed by atoms with Crippen LogP contribution in [0, 0.1) is 11.8 Å². The zero-order valence-corrected chi connectivity index (χ0v) is 17.7. The summed E-state index contributed by atoms with van der Waals surface area (Å²) in [5.41, 5.74) is 2.52. The lowest BCUT2D eigenvalue weighted by molar-refractivity contribution is -0.127. The van der Waals surface area contributed by atoms with Crippen molar-refractivity contribution in [1.29, 1.82) is 0 Å². The molecular weight excluding hydrogens is 394 g/mol. The van der Waals surface area contributed by atoms with E-state index in [2.05, 4.69) is 0 Å². The lowest BCUT2D eigenvalue weighted by Gasteiger charge is -2.33. The first kappa shape index (κ1) is 21.1. The maximum Gasteiger partial charge on any atom is 0.410 e. The molecule has 6 nitrogen and oxygen atoms in total. The normalized spacial score (nSPS) is 18.9. The van der Waals surface area contributed by atoms with Gasteiger partial charge < -0.3 is 14.4 Å². The third-order valence-electron chi connectivity index (χ3n) is 6.30. The molecule has 4 rings (SSSR count). The quantitative estimate of drug-likeness (QED) is 0.681. The number of carbonyl (C=O) groups excluding carboxylic acids is 3. The standard InChI is InChI=1S/C25H27NO5/c1-30-20-8-10-21-19(15-20)7-9-22(24(21)28)23(27)18-11-13-26(14-12-18)25(29)31-16-17-5-3-2-4-6-17/h2-6,8,10,15,18,22H,7,9,11-14,16H2,1H3. The van der Waals surface area contributed by atoms with Crippen LogP contribution in [0.5, 0.6) is 5.75 Å². The molecule has 2 aromatic rings. The fraction of sp³-hybridized carbons (Fsp3) is 0.400. The van der Waals surface area contributed by atoms with Crippen LogP contribution in [0.3, 0.4) is 0 Å². The monoisotopic (exact) mass is 421 g/mol. The second-order valence-electron chi connectivity index (χ2n) is 8.18. The number of rotatable bonds is 5. The minimum Gasteiger partial charge on any atom is -0.497 e. The second kappa shape index (κ2) is 9.33. The number of methoxy groups -OCH3 is 1. The fourth-order valence-electron chi connectivity index (χ4n) is 4.48. The fourth-order valence-corrected chi connectivity index (χ4v) is 4.48. The topological polar surface area (TPSA) is 72.9 Å². The van der Waals surface area contributed by atoms with Crippen molar-refractivity contribution < 1.29 is 23.9 Å². The predicted octanol–water partition coefficient (Wildman–Crippen LogP) is 4.06. The minimum atomic E-state index is -0.581. The van der Waals surface area contributed by atoms with Gasteiger partial charge in [0.25, 0.3) is 0 Å². The number of benzene rings is 2. The van der Waals surface area contributed by atoms with Gasteiger partial charge in [0.2, 0.25) is 0 Å². The van der Waals surface area contributed by atoms with Crippen molar-refractivity contribution >= 4 is 17.7 Å². The molecule has 0 N–H and O–H groups in total. The molecule has 0 bridgehead atoms. The zero-order chi connectivity index (χ0) is 21.8. The Kier molecular flexibility index (Phi) is 6.35. The van der Waals surface area contributed by atoms with Gasteiger partial charge in [-0.25, -0.2) is 4.79 Å². The lowest BCUT2D eigenvalue weighted by atomic mass is 9.75. The lowest BCUT2D eigenvalue weighted by Crippen LogP contribution is -2.43. The second-order valence-corrected chi connectivity index (χ2v) is 8.18. The van der Waals surface area contributed by atoms with Crippen molar-refractivity contribution in [3.05, 3.63) is 65.2 Å². The van der Waals surface area contributed by atoms with Gasteiger partial charge in [-0.05, 0) is 55.0 Å². The van der Waals surface area contributed by atoms with Crippen molar-refractivity contribution in [1.82, 2.24) is 4.90 Å². The van der Waals surface area contributed by atoms with Crippen LogP contribution < -0.4 is 4.74 Å². The molecule has 162 valence electrons. The third kappa shape index (κ3) is 4.63. The van der Waals surface area contributed by atoms with Crippen LogP contribution in [0.15, 0.2) is 48.5 Å². The van der Waals surface area contributed by atoms with Crippen LogP contribution in [0.25, 0.3) is 0 Å². The predicted molar refractivity (Wildman–Crippen MR) is 115 cm³/mol. The zero-order valence-electron chi connectivity index (χ0n) is 17.7. The number of hydrogen-bond acceptors (Lipinski definition) is 5. The maximum absolute atomic E-state index is 13.1. The number of ketones is 2. The number of likely N-dealkylation sites (tertiary alicyclic amines) is 1. The Morgan fingerprint density at radius 2 is 1.77 bits per heavy atom. The summed E-state index contributed by atoms with van der Waals surface area (Å²) in [5.74, 6) is -0.111. The summed E-state index contributed by atoms with van der Waals surface area (Å²) in [4.78, 5) is 40.0. The molecule has 1 amide bonds. The van der Waals surface area contributed by atoms with E-state index in [1.54, 1.807) is 24.1 Å². The summed E-state index contributed by atoms with van der Waals surface area (Å²) in [6, 6.07) is 15.0. The van der Waals surface area contributed by atoms with Crippen LogP contribution in [0.1, 0.15) is 40.7 Å². The highest BCUT2D eigenvalue weighted by atomic mass is 16.6. The summed E-state index contributed by atoms with van der Waals surface area (Å²) in [5, 5.41) is 0. The molecule has 0 spiro atoms. The van der Waals surface area contributed by atoms with E-state index in [0.29, 0.717) is 44.3 Å². The summed E-state index contributed by atoms with van der Waals surface area (Å²) in [7, 11) is 1.60. The van der Waals surface area contributed by atoms with Gasteiger partial charge >= 0.3 is 6.09 Å². The number of aryl methyl sites for hydroxylation is 1. The molecule has 1 aliphatic carbocycles. The van der Waals surface area contributed by atoms with E-state index in [9.17, 15) is 14.4 Å². The molecule has 2 aromatic carbocycles. The minimum absolute atomic E-state index is 0.0174. The maximum atomic E-state index is 13.1. The van der Waals surface area contributed by atoms with Crippen LogP contribution in [0.4, 0.5) is 4.79 Å². The van der Waals surface area contributed by atoms with E-state index in [-0.39, 0.29) is 30.2 Å². The molecule has 1 heterocycles. The number of piperidine rings is 1. The van der Waals surface area contributed by atoms with Crippen LogP contribution in [-0.4, -0.2) is 42.8 Å². The summed E-state index contributed by atoms with van der Waals surface area (Å²) in [6.07, 6.45) is 2.01. The molecule has 1 aliphatic heterocycles. The van der Waals surface area contributed by atoms with E-state index in [1.807, 2.05) is 36.4 Å².